The van der Waals surface area contributed by atoms with Gasteiger partial charge in [-0.1, -0.05) is 0 Å². The second-order valence-corrected chi connectivity index (χ2v) is 5.81. The molecule has 0 aliphatic rings. The summed E-state index contributed by atoms with van der Waals surface area (Å²) in [6.07, 6.45) is -2.59. The number of hydrogen-bond acceptors (Lipinski definition) is 3. The summed E-state index contributed by atoms with van der Waals surface area (Å²) in [5.74, 6) is -0.464. The standard InChI is InChI=1S/C9H10F2INO2S/c10-7(11)4-13(1-2-14)9(15)6-3-8(12)16-5-6/h3,5,7,14H,1-2,4H2. The number of carbonyl (C=O) groups excluding carboxylic acids is 1. The van der Waals surface area contributed by atoms with Gasteiger partial charge in [-0.3, -0.25) is 4.79 Å². The lowest BCUT2D eigenvalue weighted by Gasteiger charge is -2.20. The highest BCUT2D eigenvalue weighted by atomic mass is 127. The fraction of sp³-hybridized carbons (Fsp3) is 0.444. The molecule has 0 aliphatic heterocycles. The molecule has 0 aliphatic carbocycles. The molecule has 1 N–H and O–H groups in total. The molecule has 0 saturated carbocycles. The molecule has 0 bridgehead atoms. The number of hydrogen-bond donors (Lipinski definition) is 1. The zero-order valence-electron chi connectivity index (χ0n) is 8.20. The minimum absolute atomic E-state index is 0.0738. The molecule has 0 unspecified atom stereocenters. The van der Waals surface area contributed by atoms with Crippen LogP contribution in [0, 0.1) is 2.88 Å². The quantitative estimate of drug-likeness (QED) is 0.816. The Morgan fingerprint density at radius 1 is 1.62 bits per heavy atom. The Hall–Kier alpha value is -0.280. The first-order valence-corrected chi connectivity index (χ1v) is 6.42. The van der Waals surface area contributed by atoms with Gasteiger partial charge in [0.15, 0.2) is 0 Å². The molecule has 0 atom stereocenters. The number of nitrogens with zero attached hydrogens (tertiary/aromatic N) is 1. The van der Waals surface area contributed by atoms with E-state index in [4.69, 9.17) is 5.11 Å². The molecule has 1 heterocycles. The van der Waals surface area contributed by atoms with E-state index in [9.17, 15) is 13.6 Å². The van der Waals surface area contributed by atoms with Crippen molar-refractivity contribution in [3.8, 4) is 0 Å². The molecule has 0 fully saturated rings. The molecular weight excluding hydrogens is 351 g/mol. The molecular formula is C9H10F2INO2S. The maximum atomic E-state index is 12.2. The highest BCUT2D eigenvalue weighted by Gasteiger charge is 2.19. The van der Waals surface area contributed by atoms with E-state index in [0.717, 1.165) is 7.78 Å². The van der Waals surface area contributed by atoms with Gasteiger partial charge < -0.3 is 10.0 Å². The summed E-state index contributed by atoms with van der Waals surface area (Å²) in [5, 5.41) is 10.3. The van der Waals surface area contributed by atoms with Gasteiger partial charge in [-0.2, -0.15) is 0 Å². The number of amides is 1. The van der Waals surface area contributed by atoms with Crippen LogP contribution in [0.4, 0.5) is 8.78 Å². The first-order chi connectivity index (χ1) is 7.54. The van der Waals surface area contributed by atoms with Crippen molar-refractivity contribution in [1.29, 1.82) is 0 Å². The number of rotatable bonds is 5. The second kappa shape index (κ2) is 6.45. The molecule has 16 heavy (non-hydrogen) atoms. The highest BCUT2D eigenvalue weighted by molar-refractivity contribution is 14.1. The van der Waals surface area contributed by atoms with E-state index in [1.807, 2.05) is 0 Å². The Labute approximate surface area is 109 Å². The monoisotopic (exact) mass is 361 g/mol. The SMILES string of the molecule is O=C(c1csc(I)c1)N(CCO)CC(F)F. The lowest BCUT2D eigenvalue weighted by molar-refractivity contribution is 0.0509. The molecule has 1 aromatic heterocycles. The number of aliphatic hydroxyl groups is 1. The normalized spacial score (nSPS) is 10.8. The predicted octanol–water partition coefficient (Wildman–Crippen LogP) is 2.05. The van der Waals surface area contributed by atoms with E-state index in [0.29, 0.717) is 5.56 Å². The second-order valence-electron chi connectivity index (χ2n) is 3.01. The van der Waals surface area contributed by atoms with Crippen LogP contribution in [0.3, 0.4) is 0 Å². The average molecular weight is 361 g/mol. The van der Waals surface area contributed by atoms with Crippen molar-refractivity contribution in [1.82, 2.24) is 4.90 Å². The molecule has 0 saturated heterocycles. The molecule has 1 rings (SSSR count). The maximum absolute atomic E-state index is 12.2. The fourth-order valence-electron chi connectivity index (χ4n) is 1.17. The number of carbonyl (C=O) groups is 1. The van der Waals surface area contributed by atoms with Gasteiger partial charge in [0.1, 0.15) is 0 Å². The van der Waals surface area contributed by atoms with Crippen molar-refractivity contribution < 1.29 is 18.7 Å². The Balaban J connectivity index is 2.74. The topological polar surface area (TPSA) is 40.5 Å². The van der Waals surface area contributed by atoms with Crippen LogP contribution in [0.5, 0.6) is 0 Å². The van der Waals surface area contributed by atoms with E-state index in [1.165, 1.54) is 11.3 Å². The molecule has 0 spiro atoms. The zero-order valence-corrected chi connectivity index (χ0v) is 11.2. The predicted molar refractivity (Wildman–Crippen MR) is 66.0 cm³/mol. The lowest BCUT2D eigenvalue weighted by atomic mass is 10.3. The van der Waals surface area contributed by atoms with Crippen molar-refractivity contribution in [2.24, 2.45) is 0 Å². The van der Waals surface area contributed by atoms with Crippen molar-refractivity contribution >= 4 is 39.8 Å². The molecule has 1 aromatic rings. The largest absolute Gasteiger partial charge is 0.395 e. The minimum Gasteiger partial charge on any atom is -0.395 e. The van der Waals surface area contributed by atoms with Crippen molar-refractivity contribution in [3.05, 3.63) is 19.9 Å². The smallest absolute Gasteiger partial charge is 0.255 e. The third kappa shape index (κ3) is 3.95. The first-order valence-electron chi connectivity index (χ1n) is 4.47. The van der Waals surface area contributed by atoms with E-state index < -0.39 is 18.9 Å². The Morgan fingerprint density at radius 2 is 2.31 bits per heavy atom. The van der Waals surface area contributed by atoms with Crippen LogP contribution in [0.1, 0.15) is 10.4 Å². The summed E-state index contributed by atoms with van der Waals surface area (Å²) in [6, 6.07) is 1.64. The van der Waals surface area contributed by atoms with Crippen molar-refractivity contribution in [3.63, 3.8) is 0 Å². The summed E-state index contributed by atoms with van der Waals surface area (Å²) in [6.45, 7) is -1.04. The molecule has 90 valence electrons. The summed E-state index contributed by atoms with van der Waals surface area (Å²) >= 11 is 3.43. The molecule has 3 nitrogen and oxygen atoms in total. The molecule has 1 amide bonds. The summed E-state index contributed by atoms with van der Waals surface area (Å²) in [4.78, 5) is 12.7. The number of alkyl halides is 2. The Kier molecular flexibility index (Phi) is 5.56. The minimum atomic E-state index is -2.59. The van der Waals surface area contributed by atoms with Gasteiger partial charge in [0.25, 0.3) is 12.3 Å². The molecule has 0 aromatic carbocycles. The van der Waals surface area contributed by atoms with Gasteiger partial charge in [0, 0.05) is 11.9 Å². The third-order valence-electron chi connectivity index (χ3n) is 1.83. The van der Waals surface area contributed by atoms with Gasteiger partial charge in [-0.05, 0) is 28.7 Å². The number of aliphatic hydroxyl groups excluding tert-OH is 1. The van der Waals surface area contributed by atoms with Crippen LogP contribution in [0.2, 0.25) is 0 Å². The molecule has 7 heteroatoms. The third-order valence-corrected chi connectivity index (χ3v) is 3.62. The summed E-state index contributed by atoms with van der Waals surface area (Å²) in [7, 11) is 0. The average Bonchev–Trinajstić information content (AvgIpc) is 2.62. The summed E-state index contributed by atoms with van der Waals surface area (Å²) in [5.41, 5.74) is 0.392. The van der Waals surface area contributed by atoms with Crippen LogP contribution < -0.4 is 0 Å². The van der Waals surface area contributed by atoms with Crippen LogP contribution >= 0.6 is 33.9 Å². The number of thiophene rings is 1. The van der Waals surface area contributed by atoms with Crippen LogP contribution in [-0.2, 0) is 0 Å². The van der Waals surface area contributed by atoms with Gasteiger partial charge in [-0.25, -0.2) is 8.78 Å². The van der Waals surface area contributed by atoms with Crippen LogP contribution in [-0.4, -0.2) is 42.0 Å². The molecule has 0 radical (unpaired) electrons. The van der Waals surface area contributed by atoms with E-state index in [2.05, 4.69) is 22.6 Å². The Morgan fingerprint density at radius 3 is 2.75 bits per heavy atom. The van der Waals surface area contributed by atoms with Crippen LogP contribution in [0.15, 0.2) is 11.4 Å². The van der Waals surface area contributed by atoms with Crippen molar-refractivity contribution in [2.45, 2.75) is 6.43 Å². The maximum Gasteiger partial charge on any atom is 0.255 e. The summed E-state index contributed by atoms with van der Waals surface area (Å²) < 4.78 is 25.3. The van der Waals surface area contributed by atoms with Gasteiger partial charge in [-0.15, -0.1) is 11.3 Å². The lowest BCUT2D eigenvalue weighted by Crippen LogP contribution is -2.37. The van der Waals surface area contributed by atoms with Gasteiger partial charge in [0.05, 0.1) is 21.6 Å². The van der Waals surface area contributed by atoms with E-state index in [1.54, 1.807) is 11.4 Å². The van der Waals surface area contributed by atoms with Gasteiger partial charge >= 0.3 is 0 Å². The van der Waals surface area contributed by atoms with Crippen LogP contribution in [0.25, 0.3) is 0 Å². The zero-order chi connectivity index (χ0) is 12.1. The first kappa shape index (κ1) is 13.8. The highest BCUT2D eigenvalue weighted by Crippen LogP contribution is 2.18. The van der Waals surface area contributed by atoms with Crippen molar-refractivity contribution in [2.75, 3.05) is 19.7 Å². The van der Waals surface area contributed by atoms with E-state index in [-0.39, 0.29) is 13.2 Å². The Bertz CT molecular complexity index is 359. The number of halogens is 3. The van der Waals surface area contributed by atoms with Gasteiger partial charge in [0.2, 0.25) is 0 Å². The van der Waals surface area contributed by atoms with E-state index >= 15 is 0 Å². The fourth-order valence-corrected chi connectivity index (χ4v) is 2.49.